The second kappa shape index (κ2) is 6.67. The van der Waals surface area contributed by atoms with Crippen molar-refractivity contribution in [3.8, 4) is 0 Å². The minimum atomic E-state index is -0.919. The molecule has 1 N–H and O–H groups in total. The van der Waals surface area contributed by atoms with Crippen LogP contribution in [0.15, 0.2) is 24.3 Å². The molecule has 1 amide bonds. The van der Waals surface area contributed by atoms with Crippen LogP contribution in [0.5, 0.6) is 0 Å². The zero-order valence-electron chi connectivity index (χ0n) is 14.4. The summed E-state index contributed by atoms with van der Waals surface area (Å²) >= 11 is 0. The number of hydrogen-bond acceptors (Lipinski definition) is 4. The number of piperidine rings is 1. The Kier molecular flexibility index (Phi) is 4.52. The average Bonchev–Trinajstić information content (AvgIpc) is 2.87. The molecule has 136 valence electrons. The molecule has 0 saturated carbocycles. The second-order valence-electron chi connectivity index (χ2n) is 7.50. The molecule has 3 fully saturated rings. The van der Waals surface area contributed by atoms with Crippen LogP contribution in [0.25, 0.3) is 0 Å². The smallest absolute Gasteiger partial charge is 0.236 e. The standard InChI is InChI=1S/C19H25FN2O3/c20-15-3-1-14(2-4-15)19(24)11-16-5-6-17(12-19)22(16)13-18(23)21-7-9-25-10-8-21/h1-4,16-17,24H,5-13H2. The Morgan fingerprint density at radius 3 is 2.36 bits per heavy atom. The number of carbonyl (C=O) groups excluding carboxylic acids is 1. The first-order valence-corrected chi connectivity index (χ1v) is 9.15. The molecule has 5 nitrogen and oxygen atoms in total. The molecule has 1 aromatic carbocycles. The molecule has 6 heteroatoms. The summed E-state index contributed by atoms with van der Waals surface area (Å²) in [5.74, 6) is -0.128. The van der Waals surface area contributed by atoms with E-state index in [2.05, 4.69) is 4.90 Å². The molecule has 3 saturated heterocycles. The van der Waals surface area contributed by atoms with Gasteiger partial charge in [0.25, 0.3) is 0 Å². The van der Waals surface area contributed by atoms with Gasteiger partial charge in [-0.1, -0.05) is 12.1 Å². The summed E-state index contributed by atoms with van der Waals surface area (Å²) in [4.78, 5) is 16.7. The van der Waals surface area contributed by atoms with Gasteiger partial charge in [-0.25, -0.2) is 4.39 Å². The Morgan fingerprint density at radius 1 is 1.16 bits per heavy atom. The van der Waals surface area contributed by atoms with Crippen molar-refractivity contribution in [2.75, 3.05) is 32.8 Å². The van der Waals surface area contributed by atoms with Crippen molar-refractivity contribution >= 4 is 5.91 Å². The van der Waals surface area contributed by atoms with Gasteiger partial charge < -0.3 is 14.7 Å². The van der Waals surface area contributed by atoms with Gasteiger partial charge >= 0.3 is 0 Å². The molecule has 0 aromatic heterocycles. The van der Waals surface area contributed by atoms with E-state index in [4.69, 9.17) is 4.74 Å². The van der Waals surface area contributed by atoms with Gasteiger partial charge in [0.2, 0.25) is 5.91 Å². The molecule has 25 heavy (non-hydrogen) atoms. The number of amides is 1. The number of aliphatic hydroxyl groups is 1. The third kappa shape index (κ3) is 3.30. The maximum Gasteiger partial charge on any atom is 0.236 e. The molecule has 3 aliphatic rings. The maximum absolute atomic E-state index is 13.2. The minimum Gasteiger partial charge on any atom is -0.385 e. The van der Waals surface area contributed by atoms with E-state index in [1.165, 1.54) is 12.1 Å². The van der Waals surface area contributed by atoms with Crippen LogP contribution in [0.4, 0.5) is 4.39 Å². The third-order valence-electron chi connectivity index (χ3n) is 5.98. The van der Waals surface area contributed by atoms with E-state index < -0.39 is 5.60 Å². The van der Waals surface area contributed by atoms with Crippen LogP contribution in [0.3, 0.4) is 0 Å². The lowest BCUT2D eigenvalue weighted by Crippen LogP contribution is -2.54. The van der Waals surface area contributed by atoms with Gasteiger partial charge in [0, 0.05) is 25.2 Å². The van der Waals surface area contributed by atoms with Crippen LogP contribution >= 0.6 is 0 Å². The summed E-state index contributed by atoms with van der Waals surface area (Å²) in [7, 11) is 0. The van der Waals surface area contributed by atoms with Crippen molar-refractivity contribution < 1.29 is 19.0 Å². The van der Waals surface area contributed by atoms with Crippen molar-refractivity contribution in [3.63, 3.8) is 0 Å². The molecule has 3 heterocycles. The summed E-state index contributed by atoms with van der Waals surface area (Å²) in [6.07, 6.45) is 3.21. The van der Waals surface area contributed by atoms with Crippen molar-refractivity contribution in [1.29, 1.82) is 0 Å². The summed E-state index contributed by atoms with van der Waals surface area (Å²) < 4.78 is 18.5. The second-order valence-corrected chi connectivity index (χ2v) is 7.50. The molecule has 2 bridgehead atoms. The first-order valence-electron chi connectivity index (χ1n) is 9.15. The van der Waals surface area contributed by atoms with Crippen LogP contribution in [0.2, 0.25) is 0 Å². The van der Waals surface area contributed by atoms with E-state index in [9.17, 15) is 14.3 Å². The Hall–Kier alpha value is -1.50. The molecule has 0 radical (unpaired) electrons. The van der Waals surface area contributed by atoms with E-state index in [-0.39, 0.29) is 23.8 Å². The van der Waals surface area contributed by atoms with Gasteiger partial charge in [-0.3, -0.25) is 9.69 Å². The summed E-state index contributed by atoms with van der Waals surface area (Å²) in [6.45, 7) is 2.99. The van der Waals surface area contributed by atoms with Crippen molar-refractivity contribution in [1.82, 2.24) is 9.80 Å². The topological polar surface area (TPSA) is 53.0 Å². The quantitative estimate of drug-likeness (QED) is 0.899. The molecule has 4 rings (SSSR count). The van der Waals surface area contributed by atoms with Crippen LogP contribution in [0, 0.1) is 5.82 Å². The molecular formula is C19H25FN2O3. The van der Waals surface area contributed by atoms with Crippen molar-refractivity contribution in [3.05, 3.63) is 35.6 Å². The summed E-state index contributed by atoms with van der Waals surface area (Å²) in [5, 5.41) is 11.2. The molecule has 3 aliphatic heterocycles. The fraction of sp³-hybridized carbons (Fsp3) is 0.632. The highest BCUT2D eigenvalue weighted by Crippen LogP contribution is 2.45. The van der Waals surface area contributed by atoms with Crippen LogP contribution in [-0.4, -0.2) is 65.7 Å². The predicted octanol–water partition coefficient (Wildman–Crippen LogP) is 1.50. The normalized spacial score (nSPS) is 32.8. The lowest BCUT2D eigenvalue weighted by atomic mass is 9.80. The number of benzene rings is 1. The Morgan fingerprint density at radius 2 is 1.76 bits per heavy atom. The highest BCUT2D eigenvalue weighted by atomic mass is 19.1. The van der Waals surface area contributed by atoms with E-state index in [1.807, 2.05) is 4.90 Å². The molecule has 0 spiro atoms. The predicted molar refractivity (Wildman–Crippen MR) is 90.4 cm³/mol. The number of ether oxygens (including phenoxy) is 1. The molecule has 1 aromatic rings. The van der Waals surface area contributed by atoms with Gasteiger partial charge in [0.05, 0.1) is 25.4 Å². The molecular weight excluding hydrogens is 323 g/mol. The Bertz CT molecular complexity index is 616. The van der Waals surface area contributed by atoms with Gasteiger partial charge in [-0.05, 0) is 43.4 Å². The van der Waals surface area contributed by atoms with E-state index in [1.54, 1.807) is 12.1 Å². The number of carbonyl (C=O) groups is 1. The van der Waals surface area contributed by atoms with Crippen molar-refractivity contribution in [2.24, 2.45) is 0 Å². The molecule has 0 aliphatic carbocycles. The van der Waals surface area contributed by atoms with Crippen LogP contribution in [-0.2, 0) is 15.1 Å². The average molecular weight is 348 g/mol. The summed E-state index contributed by atoms with van der Waals surface area (Å²) in [5.41, 5.74) is -0.136. The third-order valence-corrected chi connectivity index (χ3v) is 5.98. The van der Waals surface area contributed by atoms with Gasteiger partial charge in [-0.15, -0.1) is 0 Å². The van der Waals surface area contributed by atoms with E-state index >= 15 is 0 Å². The Balaban J connectivity index is 1.44. The number of halogens is 1. The zero-order chi connectivity index (χ0) is 17.4. The lowest BCUT2D eigenvalue weighted by Gasteiger charge is -2.44. The van der Waals surface area contributed by atoms with Crippen molar-refractivity contribution in [2.45, 2.75) is 43.4 Å². The summed E-state index contributed by atoms with van der Waals surface area (Å²) in [6, 6.07) is 6.59. The Labute approximate surface area is 147 Å². The number of morpholine rings is 1. The first-order chi connectivity index (χ1) is 12.0. The first kappa shape index (κ1) is 16.9. The highest BCUT2D eigenvalue weighted by Gasteiger charge is 2.48. The molecule has 2 atom stereocenters. The number of rotatable bonds is 3. The van der Waals surface area contributed by atoms with E-state index in [0.29, 0.717) is 45.7 Å². The molecule has 2 unspecified atom stereocenters. The highest BCUT2D eigenvalue weighted by molar-refractivity contribution is 5.78. The largest absolute Gasteiger partial charge is 0.385 e. The van der Waals surface area contributed by atoms with E-state index in [0.717, 1.165) is 18.4 Å². The SMILES string of the molecule is O=C(CN1C2CCC1CC(O)(c1ccc(F)cc1)C2)N1CCOCC1. The number of nitrogens with zero attached hydrogens (tertiary/aromatic N) is 2. The van der Waals surface area contributed by atoms with Gasteiger partial charge in [-0.2, -0.15) is 0 Å². The maximum atomic E-state index is 13.2. The van der Waals surface area contributed by atoms with Gasteiger partial charge in [0.15, 0.2) is 0 Å². The number of hydrogen-bond donors (Lipinski definition) is 1. The lowest BCUT2D eigenvalue weighted by molar-refractivity contribution is -0.139. The monoisotopic (exact) mass is 348 g/mol. The van der Waals surface area contributed by atoms with Crippen LogP contribution in [0.1, 0.15) is 31.2 Å². The zero-order valence-corrected chi connectivity index (χ0v) is 14.4. The minimum absolute atomic E-state index is 0.160. The van der Waals surface area contributed by atoms with Gasteiger partial charge in [0.1, 0.15) is 5.82 Å². The number of fused-ring (bicyclic) bond motifs is 2. The fourth-order valence-corrected chi connectivity index (χ4v) is 4.64. The van der Waals surface area contributed by atoms with Crippen LogP contribution < -0.4 is 0 Å². The fourth-order valence-electron chi connectivity index (χ4n) is 4.64.